The number of sulfone groups is 1. The van der Waals surface area contributed by atoms with Crippen LogP contribution in [0.3, 0.4) is 0 Å². The minimum absolute atomic E-state index is 0.390. The molecule has 2 aromatic carbocycles. The van der Waals surface area contributed by atoms with Crippen LogP contribution in [0.25, 0.3) is 21.8 Å². The Morgan fingerprint density at radius 1 is 0.733 bits per heavy atom. The van der Waals surface area contributed by atoms with Gasteiger partial charge in [0.05, 0.1) is 6.26 Å². The molecule has 2 aromatic heterocycles. The number of hydrogen-bond acceptors (Lipinski definition) is 10. The minimum atomic E-state index is -3.43. The fourth-order valence-electron chi connectivity index (χ4n) is 4.41. The summed E-state index contributed by atoms with van der Waals surface area (Å²) in [5.41, 5.74) is 3.82. The number of likely N-dealkylation sites (N-methyl/N-ethyl adjacent to an activating group) is 2. The number of aromatic nitrogens is 2. The maximum absolute atomic E-state index is 11.8. The Morgan fingerprint density at radius 2 is 1.18 bits per heavy atom. The van der Waals surface area contributed by atoms with Crippen LogP contribution in [0.15, 0.2) is 48.8 Å². The number of sulfonamides is 1. The zero-order chi connectivity index (χ0) is 33.4. The second-order valence-corrected chi connectivity index (χ2v) is 15.2. The number of aromatic amines is 2. The normalized spacial score (nSPS) is 12.0. The Labute approximate surface area is 263 Å². The van der Waals surface area contributed by atoms with Gasteiger partial charge in [0.1, 0.15) is 23.8 Å². The van der Waals surface area contributed by atoms with E-state index in [9.17, 15) is 26.4 Å². The van der Waals surface area contributed by atoms with Gasteiger partial charge in [0.15, 0.2) is 9.84 Å². The Bertz CT molecular complexity index is 1840. The molecule has 0 radical (unpaired) electrons. The van der Waals surface area contributed by atoms with Crippen LogP contribution in [0.2, 0.25) is 0 Å². The molecule has 0 atom stereocenters. The van der Waals surface area contributed by atoms with Crippen LogP contribution in [-0.4, -0.2) is 115 Å². The van der Waals surface area contributed by atoms with E-state index >= 15 is 0 Å². The third kappa shape index (κ3) is 11.6. The molecule has 0 amide bonds. The Hall–Kier alpha value is -3.76. The molecule has 4 aromatic rings. The van der Waals surface area contributed by atoms with E-state index in [4.69, 9.17) is 9.47 Å². The van der Waals surface area contributed by atoms with Crippen molar-refractivity contribution in [3.8, 4) is 11.5 Å². The number of ether oxygens (including phenoxy) is 2. The van der Waals surface area contributed by atoms with Gasteiger partial charge in [-0.3, -0.25) is 9.59 Å². The molecule has 2 heterocycles. The first-order chi connectivity index (χ1) is 21.0. The predicted molar refractivity (Wildman–Crippen MR) is 175 cm³/mol. The Kier molecular flexibility index (Phi) is 12.3. The number of H-pyrrole nitrogens is 2. The van der Waals surface area contributed by atoms with Crippen LogP contribution < -0.4 is 14.2 Å². The largest absolute Gasteiger partial charge is 0.425 e. The summed E-state index contributed by atoms with van der Waals surface area (Å²) in [6, 6.07) is 10.7. The maximum Gasteiger partial charge on any atom is 0.326 e. The molecule has 4 rings (SSSR count). The number of nitrogens with one attached hydrogen (secondary N) is 3. The first-order valence-corrected chi connectivity index (χ1v) is 18.0. The molecule has 0 spiro atoms. The van der Waals surface area contributed by atoms with Crippen molar-refractivity contribution in [2.45, 2.75) is 12.8 Å². The summed E-state index contributed by atoms with van der Waals surface area (Å²) in [5.74, 6) is -1.22. The third-order valence-electron chi connectivity index (χ3n) is 6.46. The lowest BCUT2D eigenvalue weighted by Gasteiger charge is -2.10. The average molecular weight is 664 g/mol. The van der Waals surface area contributed by atoms with Crippen molar-refractivity contribution < 1.29 is 35.9 Å². The molecule has 0 unspecified atom stereocenters. The molecule has 246 valence electrons. The van der Waals surface area contributed by atoms with Gasteiger partial charge in [-0.2, -0.15) is 0 Å². The smallest absolute Gasteiger partial charge is 0.326 e. The van der Waals surface area contributed by atoms with Crippen molar-refractivity contribution in [3.63, 3.8) is 0 Å². The number of hydrogen-bond donors (Lipinski definition) is 3. The quantitative estimate of drug-likeness (QED) is 0.142. The summed E-state index contributed by atoms with van der Waals surface area (Å²) in [5, 5.41) is 1.67. The SMILES string of the molecule is CN(C)CCc1c[nH]c2cccc(OC(=O)CNS(C)(=O)=O)c12.CN(C)CCc1c[nH]c2cccc(OC(=O)CS(C)(=O)=O)c12. The Balaban J connectivity index is 0.000000246. The first kappa shape index (κ1) is 35.7. The fourth-order valence-corrected chi connectivity index (χ4v) is 5.27. The van der Waals surface area contributed by atoms with E-state index in [1.165, 1.54) is 0 Å². The molecule has 0 saturated heterocycles. The zero-order valence-corrected chi connectivity index (χ0v) is 28.0. The monoisotopic (exact) mass is 663 g/mol. The topological polar surface area (TPSA) is 171 Å². The molecule has 3 N–H and O–H groups in total. The van der Waals surface area contributed by atoms with Crippen LogP contribution in [-0.2, 0) is 42.3 Å². The number of carbonyl (C=O) groups is 2. The summed E-state index contributed by atoms with van der Waals surface area (Å²) in [7, 11) is 1.13. The lowest BCUT2D eigenvalue weighted by atomic mass is 10.1. The van der Waals surface area contributed by atoms with Gasteiger partial charge >= 0.3 is 11.9 Å². The molecule has 0 bridgehead atoms. The van der Waals surface area contributed by atoms with Gasteiger partial charge in [-0.05, 0) is 76.4 Å². The van der Waals surface area contributed by atoms with Gasteiger partial charge < -0.3 is 29.2 Å². The minimum Gasteiger partial charge on any atom is -0.425 e. The molecule has 0 saturated carbocycles. The van der Waals surface area contributed by atoms with E-state index in [1.807, 2.05) is 52.7 Å². The predicted octanol–water partition coefficient (Wildman–Crippen LogP) is 1.95. The number of esters is 2. The first-order valence-electron chi connectivity index (χ1n) is 14.0. The number of nitrogens with zero attached hydrogens (tertiary/aromatic N) is 2. The van der Waals surface area contributed by atoms with Crippen LogP contribution in [0.4, 0.5) is 0 Å². The van der Waals surface area contributed by atoms with E-state index in [1.54, 1.807) is 24.3 Å². The highest BCUT2D eigenvalue weighted by molar-refractivity contribution is 7.91. The zero-order valence-electron chi connectivity index (χ0n) is 26.3. The van der Waals surface area contributed by atoms with Crippen molar-refractivity contribution in [2.75, 3.05) is 66.1 Å². The molecular formula is C30H41N5O8S2. The van der Waals surface area contributed by atoms with Gasteiger partial charge in [0.25, 0.3) is 0 Å². The standard InChI is InChI=1S/C15H21N3O4S.C15H20N2O4S/c1-18(2)8-7-11-9-16-12-5-4-6-13(15(11)12)22-14(19)10-17-23(3,20)21;1-17(2)8-7-11-9-16-12-5-4-6-13(15(11)12)21-14(18)10-22(3,19)20/h4-6,9,16-17H,7-8,10H2,1-3H3;4-6,9,16H,7-8,10H2,1-3H3. The summed E-state index contributed by atoms with van der Waals surface area (Å²) in [4.78, 5) is 34.0. The van der Waals surface area contributed by atoms with E-state index in [0.29, 0.717) is 11.5 Å². The maximum atomic E-state index is 11.8. The summed E-state index contributed by atoms with van der Waals surface area (Å²) in [6.45, 7) is 1.33. The number of benzene rings is 2. The van der Waals surface area contributed by atoms with Crippen molar-refractivity contribution in [1.29, 1.82) is 0 Å². The van der Waals surface area contributed by atoms with Gasteiger partial charge in [-0.1, -0.05) is 12.1 Å². The lowest BCUT2D eigenvalue weighted by Crippen LogP contribution is -2.31. The summed E-state index contributed by atoms with van der Waals surface area (Å²) >= 11 is 0. The van der Waals surface area contributed by atoms with Crippen LogP contribution in [0, 0.1) is 0 Å². The average Bonchev–Trinajstić information content (AvgIpc) is 3.54. The van der Waals surface area contributed by atoms with Crippen LogP contribution in [0.5, 0.6) is 11.5 Å². The number of carbonyl (C=O) groups excluding carboxylic acids is 2. The number of fused-ring (bicyclic) bond motifs is 2. The van der Waals surface area contributed by atoms with Gasteiger partial charge in [-0.25, -0.2) is 21.6 Å². The molecule has 0 fully saturated rings. The third-order valence-corrected chi connectivity index (χ3v) is 7.89. The summed E-state index contributed by atoms with van der Waals surface area (Å²) in [6.07, 6.45) is 7.40. The molecule has 45 heavy (non-hydrogen) atoms. The van der Waals surface area contributed by atoms with Crippen molar-refractivity contribution in [2.24, 2.45) is 0 Å². The number of rotatable bonds is 13. The lowest BCUT2D eigenvalue weighted by molar-refractivity contribution is -0.133. The highest BCUT2D eigenvalue weighted by atomic mass is 32.2. The van der Waals surface area contributed by atoms with Crippen molar-refractivity contribution >= 4 is 53.6 Å². The van der Waals surface area contributed by atoms with Crippen LogP contribution in [0.1, 0.15) is 11.1 Å². The van der Waals surface area contributed by atoms with Gasteiger partial charge in [-0.15, -0.1) is 0 Å². The van der Waals surface area contributed by atoms with Gasteiger partial charge in [0.2, 0.25) is 10.0 Å². The van der Waals surface area contributed by atoms with E-state index in [0.717, 1.165) is 71.4 Å². The fraction of sp³-hybridized carbons (Fsp3) is 0.400. The van der Waals surface area contributed by atoms with Crippen molar-refractivity contribution in [1.82, 2.24) is 24.5 Å². The van der Waals surface area contributed by atoms with E-state index in [2.05, 4.69) is 24.5 Å². The van der Waals surface area contributed by atoms with Crippen molar-refractivity contribution in [3.05, 3.63) is 59.9 Å². The van der Waals surface area contributed by atoms with Gasteiger partial charge in [0, 0.05) is 53.5 Å². The highest BCUT2D eigenvalue weighted by Crippen LogP contribution is 2.30. The van der Waals surface area contributed by atoms with E-state index in [-0.39, 0.29) is 0 Å². The van der Waals surface area contributed by atoms with E-state index < -0.39 is 44.1 Å². The molecule has 0 aliphatic heterocycles. The molecule has 15 heteroatoms. The summed E-state index contributed by atoms with van der Waals surface area (Å²) < 4.78 is 57.1. The highest BCUT2D eigenvalue weighted by Gasteiger charge is 2.17. The second-order valence-electron chi connectivity index (χ2n) is 11.2. The molecule has 0 aliphatic rings. The molecular weight excluding hydrogens is 622 g/mol. The Morgan fingerprint density at radius 3 is 1.58 bits per heavy atom. The molecule has 13 nitrogen and oxygen atoms in total. The second kappa shape index (κ2) is 15.5. The van der Waals surface area contributed by atoms with Crippen LogP contribution >= 0.6 is 0 Å². The molecule has 0 aliphatic carbocycles.